The lowest BCUT2D eigenvalue weighted by Gasteiger charge is -2.37. The monoisotopic (exact) mass is 493 g/mol. The van der Waals surface area contributed by atoms with Gasteiger partial charge in [0.25, 0.3) is 0 Å². The molecule has 1 saturated carbocycles. The minimum absolute atomic E-state index is 0.0214. The number of sulfone groups is 1. The topological polar surface area (TPSA) is 63.7 Å². The largest absolute Gasteiger partial charge is 0.381 e. The van der Waals surface area contributed by atoms with E-state index in [1.807, 2.05) is 20.8 Å². The van der Waals surface area contributed by atoms with Crippen LogP contribution in [0.3, 0.4) is 0 Å². The minimum atomic E-state index is -3.87. The molecule has 1 aliphatic heterocycles. The van der Waals surface area contributed by atoms with Crippen molar-refractivity contribution in [2.75, 3.05) is 18.1 Å². The second-order valence-corrected chi connectivity index (χ2v) is 12.6. The summed E-state index contributed by atoms with van der Waals surface area (Å²) in [6.07, 6.45) is 2.08. The fraction of sp³-hybridized carbons (Fsp3) is 0.480. The lowest BCUT2D eigenvalue weighted by atomic mass is 9.89. The molecule has 0 aromatic heterocycles. The molecule has 1 amide bonds. The second kappa shape index (κ2) is 8.67. The molecule has 2 aliphatic rings. The maximum Gasteiger partial charge on any atom is 0.232 e. The van der Waals surface area contributed by atoms with Crippen LogP contribution >= 0.6 is 11.6 Å². The highest BCUT2D eigenvalue weighted by Crippen LogP contribution is 2.45. The SMILES string of the molecule is CC(C)(C)C(=O)N(c1ccc(C2(S(=O)(=O)c3ccc(Cl)cc3)CCOCC2)cc1F)C1CC1. The third-order valence-electron chi connectivity index (χ3n) is 6.44. The summed E-state index contributed by atoms with van der Waals surface area (Å²) in [7, 11) is -3.87. The Kier molecular flexibility index (Phi) is 6.35. The molecule has 2 aromatic carbocycles. The summed E-state index contributed by atoms with van der Waals surface area (Å²) in [5, 5.41) is 0.439. The number of hydrogen-bond acceptors (Lipinski definition) is 4. The highest BCUT2D eigenvalue weighted by atomic mass is 35.5. The Morgan fingerprint density at radius 1 is 1.09 bits per heavy atom. The van der Waals surface area contributed by atoms with Crippen LogP contribution in [0.15, 0.2) is 47.4 Å². The van der Waals surface area contributed by atoms with Gasteiger partial charge < -0.3 is 9.64 Å². The molecule has 1 aliphatic carbocycles. The van der Waals surface area contributed by atoms with Gasteiger partial charge in [0.2, 0.25) is 5.91 Å². The van der Waals surface area contributed by atoms with Gasteiger partial charge in [-0.1, -0.05) is 38.4 Å². The van der Waals surface area contributed by atoms with Gasteiger partial charge >= 0.3 is 0 Å². The molecule has 1 heterocycles. The molecule has 1 saturated heterocycles. The molecule has 0 N–H and O–H groups in total. The predicted molar refractivity (Wildman–Crippen MR) is 127 cm³/mol. The Morgan fingerprint density at radius 2 is 1.70 bits per heavy atom. The molecule has 33 heavy (non-hydrogen) atoms. The van der Waals surface area contributed by atoms with E-state index in [1.54, 1.807) is 17.0 Å². The first-order valence-corrected chi connectivity index (χ1v) is 13.1. The van der Waals surface area contributed by atoms with E-state index in [0.29, 0.717) is 10.6 Å². The van der Waals surface area contributed by atoms with Gasteiger partial charge in [-0.25, -0.2) is 12.8 Å². The van der Waals surface area contributed by atoms with Crippen LogP contribution in [0.5, 0.6) is 0 Å². The number of anilines is 1. The maximum atomic E-state index is 15.6. The normalized spacial score (nSPS) is 18.7. The van der Waals surface area contributed by atoms with E-state index in [0.717, 1.165) is 12.8 Å². The number of amides is 1. The van der Waals surface area contributed by atoms with Crippen molar-refractivity contribution in [1.29, 1.82) is 0 Å². The van der Waals surface area contributed by atoms with Crippen molar-refractivity contribution < 1.29 is 22.3 Å². The molecule has 2 fully saturated rings. The number of carbonyl (C=O) groups excluding carboxylic acids is 1. The lowest BCUT2D eigenvalue weighted by molar-refractivity contribution is -0.125. The molecular formula is C25H29ClFNO4S. The fourth-order valence-corrected chi connectivity index (χ4v) is 6.62. The van der Waals surface area contributed by atoms with Crippen molar-refractivity contribution in [2.24, 2.45) is 5.41 Å². The smallest absolute Gasteiger partial charge is 0.232 e. The standard InChI is InChI=1S/C25H29ClFNO4S/c1-24(2,3)23(29)28(19-7-8-19)22-11-4-17(16-21(22)27)25(12-14-32-15-13-25)33(30,31)20-9-5-18(26)6-10-20/h4-6,9-11,16,19H,7-8,12-15H2,1-3H3. The van der Waals surface area contributed by atoms with Crippen LogP contribution in [0.4, 0.5) is 10.1 Å². The lowest BCUT2D eigenvalue weighted by Crippen LogP contribution is -2.43. The summed E-state index contributed by atoms with van der Waals surface area (Å²) in [5.74, 6) is -0.736. The van der Waals surface area contributed by atoms with E-state index >= 15 is 4.39 Å². The number of benzene rings is 2. The van der Waals surface area contributed by atoms with Gasteiger partial charge in [-0.2, -0.15) is 0 Å². The zero-order valence-corrected chi connectivity index (χ0v) is 20.7. The van der Waals surface area contributed by atoms with Crippen LogP contribution in [0.2, 0.25) is 5.02 Å². The highest BCUT2D eigenvalue weighted by molar-refractivity contribution is 7.92. The zero-order chi connectivity index (χ0) is 24.0. The van der Waals surface area contributed by atoms with Crippen LogP contribution in [0, 0.1) is 11.2 Å². The van der Waals surface area contributed by atoms with E-state index in [2.05, 4.69) is 0 Å². The van der Waals surface area contributed by atoms with Crippen molar-refractivity contribution in [3.8, 4) is 0 Å². The summed E-state index contributed by atoms with van der Waals surface area (Å²) in [4.78, 5) is 14.7. The van der Waals surface area contributed by atoms with Gasteiger partial charge in [0.05, 0.1) is 10.6 Å². The quantitative estimate of drug-likeness (QED) is 0.551. The first kappa shape index (κ1) is 24.2. The van der Waals surface area contributed by atoms with Crippen molar-refractivity contribution in [3.63, 3.8) is 0 Å². The van der Waals surface area contributed by atoms with Crippen molar-refractivity contribution >= 4 is 33.0 Å². The van der Waals surface area contributed by atoms with Gasteiger partial charge in [-0.15, -0.1) is 0 Å². The first-order valence-electron chi connectivity index (χ1n) is 11.2. The van der Waals surface area contributed by atoms with Gasteiger partial charge in [0.15, 0.2) is 9.84 Å². The summed E-state index contributed by atoms with van der Waals surface area (Å²) in [5.41, 5.74) is -0.0821. The van der Waals surface area contributed by atoms with Gasteiger partial charge in [-0.05, 0) is 67.6 Å². The highest BCUT2D eigenvalue weighted by Gasteiger charge is 2.48. The van der Waals surface area contributed by atoms with E-state index in [-0.39, 0.29) is 48.6 Å². The number of nitrogens with zero attached hydrogens (tertiary/aromatic N) is 1. The molecule has 0 atom stereocenters. The third kappa shape index (κ3) is 4.43. The zero-order valence-electron chi connectivity index (χ0n) is 19.1. The maximum absolute atomic E-state index is 15.6. The van der Waals surface area contributed by atoms with Crippen molar-refractivity contribution in [2.45, 2.75) is 62.1 Å². The molecule has 0 bridgehead atoms. The molecular weight excluding hydrogens is 465 g/mol. The summed E-state index contributed by atoms with van der Waals surface area (Å²) in [6.45, 7) is 5.95. The average molecular weight is 494 g/mol. The van der Waals surface area contributed by atoms with E-state index < -0.39 is 25.8 Å². The van der Waals surface area contributed by atoms with Gasteiger partial charge in [0.1, 0.15) is 10.6 Å². The number of hydrogen-bond donors (Lipinski definition) is 0. The molecule has 0 unspecified atom stereocenters. The molecule has 5 nitrogen and oxygen atoms in total. The van der Waals surface area contributed by atoms with Gasteiger partial charge in [-0.3, -0.25) is 4.79 Å². The molecule has 178 valence electrons. The number of ether oxygens (including phenoxy) is 1. The van der Waals surface area contributed by atoms with Crippen molar-refractivity contribution in [3.05, 3.63) is 58.9 Å². The number of rotatable bonds is 5. The molecule has 8 heteroatoms. The average Bonchev–Trinajstić information content (AvgIpc) is 3.60. The minimum Gasteiger partial charge on any atom is -0.381 e. The Morgan fingerprint density at radius 3 is 2.21 bits per heavy atom. The number of halogens is 2. The van der Waals surface area contributed by atoms with Crippen LogP contribution in [0.1, 0.15) is 52.0 Å². The Bertz CT molecular complexity index is 1150. The van der Waals surface area contributed by atoms with Crippen LogP contribution in [-0.2, 0) is 24.1 Å². The predicted octanol–water partition coefficient (Wildman–Crippen LogP) is 5.50. The van der Waals surface area contributed by atoms with E-state index in [4.69, 9.17) is 16.3 Å². The number of carbonyl (C=O) groups is 1. The summed E-state index contributed by atoms with van der Waals surface area (Å²) >= 11 is 5.96. The van der Waals surface area contributed by atoms with Crippen LogP contribution in [0.25, 0.3) is 0 Å². The fourth-order valence-electron chi connectivity index (χ4n) is 4.40. The molecule has 0 radical (unpaired) electrons. The molecule has 4 rings (SSSR count). The Balaban J connectivity index is 1.79. The van der Waals surface area contributed by atoms with Gasteiger partial charge in [0, 0.05) is 29.7 Å². The van der Waals surface area contributed by atoms with E-state index in [9.17, 15) is 13.2 Å². The van der Waals surface area contributed by atoms with Crippen LogP contribution < -0.4 is 4.90 Å². The Labute approximate surface area is 199 Å². The van der Waals surface area contributed by atoms with E-state index in [1.165, 1.54) is 30.3 Å². The Hall–Kier alpha value is -1.96. The van der Waals surface area contributed by atoms with Crippen LogP contribution in [-0.4, -0.2) is 33.6 Å². The molecule has 0 spiro atoms. The second-order valence-electron chi connectivity index (χ2n) is 9.89. The van der Waals surface area contributed by atoms with Crippen molar-refractivity contribution in [1.82, 2.24) is 0 Å². The summed E-state index contributed by atoms with van der Waals surface area (Å²) in [6, 6.07) is 10.5. The molecule has 2 aromatic rings. The third-order valence-corrected chi connectivity index (χ3v) is 9.26. The first-order chi connectivity index (χ1) is 15.5. The summed E-state index contributed by atoms with van der Waals surface area (Å²) < 4.78 is 47.4.